The monoisotopic (exact) mass is 246 g/mol. The molecular weight excluding hydrogens is 232 g/mol. The van der Waals surface area contributed by atoms with Crippen LogP contribution in [-0.4, -0.2) is 36.1 Å². The number of nitrogens with zero attached hydrogens (tertiary/aromatic N) is 3. The highest BCUT2D eigenvalue weighted by Crippen LogP contribution is 2.21. The van der Waals surface area contributed by atoms with Crippen LogP contribution in [0.4, 0.5) is 5.95 Å². The highest BCUT2D eigenvalue weighted by Gasteiger charge is 2.13. The Labute approximate surface area is 104 Å². The zero-order valence-corrected chi connectivity index (χ0v) is 10.3. The second-order valence-electron chi connectivity index (χ2n) is 3.99. The summed E-state index contributed by atoms with van der Waals surface area (Å²) in [5, 5.41) is 7.52. The Morgan fingerprint density at radius 1 is 1.24 bits per heavy atom. The Kier molecular flexibility index (Phi) is 3.02. The van der Waals surface area contributed by atoms with Crippen molar-refractivity contribution in [3.63, 3.8) is 0 Å². The molecule has 0 radical (unpaired) electrons. The maximum Gasteiger partial charge on any atom is 0.225 e. The number of aromatic nitrogens is 2. The molecule has 0 atom stereocenters. The lowest BCUT2D eigenvalue weighted by molar-refractivity contribution is 0.580. The molecule has 1 saturated heterocycles. The fourth-order valence-corrected chi connectivity index (χ4v) is 2.59. The van der Waals surface area contributed by atoms with Gasteiger partial charge in [-0.25, -0.2) is 9.97 Å². The molecule has 2 aromatic heterocycles. The second-order valence-corrected chi connectivity index (χ2v) is 4.77. The minimum absolute atomic E-state index is 0.843. The maximum absolute atomic E-state index is 4.63. The quantitative estimate of drug-likeness (QED) is 0.874. The first-order chi connectivity index (χ1) is 8.43. The maximum atomic E-state index is 4.63. The molecular formula is C12H14N4S. The number of anilines is 1. The molecule has 3 rings (SSSR count). The summed E-state index contributed by atoms with van der Waals surface area (Å²) in [4.78, 5) is 11.2. The molecule has 0 unspecified atom stereocenters. The molecule has 88 valence electrons. The van der Waals surface area contributed by atoms with E-state index in [0.29, 0.717) is 0 Å². The summed E-state index contributed by atoms with van der Waals surface area (Å²) >= 11 is 1.69. The van der Waals surface area contributed by atoms with Gasteiger partial charge < -0.3 is 10.2 Å². The van der Waals surface area contributed by atoms with Crippen LogP contribution in [0.5, 0.6) is 0 Å². The Bertz CT molecular complexity index is 477. The van der Waals surface area contributed by atoms with Crippen molar-refractivity contribution in [2.45, 2.75) is 0 Å². The third kappa shape index (κ3) is 2.30. The Hall–Kier alpha value is -1.46. The number of rotatable bonds is 2. The van der Waals surface area contributed by atoms with Crippen molar-refractivity contribution in [3.05, 3.63) is 29.1 Å². The van der Waals surface area contributed by atoms with Gasteiger partial charge in [0.2, 0.25) is 5.95 Å². The lowest BCUT2D eigenvalue weighted by atomic mass is 10.2. The molecule has 0 bridgehead atoms. The largest absolute Gasteiger partial charge is 0.338 e. The fourth-order valence-electron chi connectivity index (χ4n) is 1.94. The average molecular weight is 246 g/mol. The Morgan fingerprint density at radius 3 is 2.88 bits per heavy atom. The van der Waals surface area contributed by atoms with Gasteiger partial charge in [-0.2, -0.15) is 11.3 Å². The highest BCUT2D eigenvalue weighted by molar-refractivity contribution is 7.08. The Balaban J connectivity index is 1.88. The molecule has 5 heteroatoms. The van der Waals surface area contributed by atoms with Crippen molar-refractivity contribution >= 4 is 17.3 Å². The van der Waals surface area contributed by atoms with Gasteiger partial charge in [0.25, 0.3) is 0 Å². The van der Waals surface area contributed by atoms with E-state index in [1.165, 1.54) is 5.56 Å². The van der Waals surface area contributed by atoms with Crippen LogP contribution in [0.25, 0.3) is 11.3 Å². The summed E-state index contributed by atoms with van der Waals surface area (Å²) < 4.78 is 0. The second kappa shape index (κ2) is 4.81. The van der Waals surface area contributed by atoms with Crippen LogP contribution in [0, 0.1) is 0 Å². The van der Waals surface area contributed by atoms with Crippen LogP contribution >= 0.6 is 11.3 Å². The van der Waals surface area contributed by atoms with E-state index >= 15 is 0 Å². The molecule has 0 saturated carbocycles. The third-order valence-electron chi connectivity index (χ3n) is 2.86. The zero-order chi connectivity index (χ0) is 11.5. The van der Waals surface area contributed by atoms with Gasteiger partial charge >= 0.3 is 0 Å². The molecule has 1 fully saturated rings. The van der Waals surface area contributed by atoms with Crippen LogP contribution < -0.4 is 10.2 Å². The summed E-state index contributed by atoms with van der Waals surface area (Å²) in [6, 6.07) is 4.06. The molecule has 0 spiro atoms. The van der Waals surface area contributed by atoms with Crippen LogP contribution in [0.1, 0.15) is 0 Å². The first-order valence-corrected chi connectivity index (χ1v) is 6.69. The van der Waals surface area contributed by atoms with Gasteiger partial charge in [-0.3, -0.25) is 0 Å². The van der Waals surface area contributed by atoms with Gasteiger partial charge in [-0.1, -0.05) is 0 Å². The predicted octanol–water partition coefficient (Wildman–Crippen LogP) is 1.61. The van der Waals surface area contributed by atoms with Crippen LogP contribution in [-0.2, 0) is 0 Å². The first-order valence-electron chi connectivity index (χ1n) is 5.75. The molecule has 0 aromatic carbocycles. The summed E-state index contributed by atoms with van der Waals surface area (Å²) in [6.07, 6.45) is 1.84. The number of nitrogens with one attached hydrogen (secondary N) is 1. The predicted molar refractivity (Wildman–Crippen MR) is 70.4 cm³/mol. The van der Waals surface area contributed by atoms with Gasteiger partial charge in [0.1, 0.15) is 0 Å². The minimum atomic E-state index is 0.843. The molecule has 4 nitrogen and oxygen atoms in total. The fraction of sp³-hybridized carbons (Fsp3) is 0.333. The van der Waals surface area contributed by atoms with Crippen LogP contribution in [0.3, 0.4) is 0 Å². The van der Waals surface area contributed by atoms with E-state index in [9.17, 15) is 0 Å². The van der Waals surface area contributed by atoms with E-state index in [4.69, 9.17) is 0 Å². The lowest BCUT2D eigenvalue weighted by Gasteiger charge is -2.27. The van der Waals surface area contributed by atoms with Crippen molar-refractivity contribution in [1.82, 2.24) is 15.3 Å². The summed E-state index contributed by atoms with van der Waals surface area (Å²) in [5.74, 6) is 0.843. The van der Waals surface area contributed by atoms with E-state index < -0.39 is 0 Å². The van der Waals surface area contributed by atoms with E-state index in [2.05, 4.69) is 37.0 Å². The number of hydrogen-bond acceptors (Lipinski definition) is 5. The van der Waals surface area contributed by atoms with Gasteiger partial charge in [0, 0.05) is 43.3 Å². The molecule has 3 heterocycles. The molecule has 0 aliphatic carbocycles. The van der Waals surface area contributed by atoms with Crippen LogP contribution in [0.2, 0.25) is 0 Å². The van der Waals surface area contributed by atoms with Crippen molar-refractivity contribution in [3.8, 4) is 11.3 Å². The standard InChI is InChI=1S/C12H14N4S/c1-3-14-12(16-6-4-13-5-7-16)15-11(1)10-2-8-17-9-10/h1-3,8-9,13H,4-7H2. The topological polar surface area (TPSA) is 41.1 Å². The number of hydrogen-bond donors (Lipinski definition) is 1. The molecule has 0 amide bonds. The average Bonchev–Trinajstić information content (AvgIpc) is 2.94. The summed E-state index contributed by atoms with van der Waals surface area (Å²) in [5.41, 5.74) is 2.18. The highest BCUT2D eigenvalue weighted by atomic mass is 32.1. The molecule has 1 aliphatic heterocycles. The Morgan fingerprint density at radius 2 is 2.12 bits per heavy atom. The van der Waals surface area contributed by atoms with E-state index in [1.54, 1.807) is 11.3 Å². The van der Waals surface area contributed by atoms with Gasteiger partial charge in [0.05, 0.1) is 5.69 Å². The van der Waals surface area contributed by atoms with Gasteiger partial charge in [-0.05, 0) is 17.5 Å². The van der Waals surface area contributed by atoms with Crippen molar-refractivity contribution in [2.24, 2.45) is 0 Å². The van der Waals surface area contributed by atoms with Crippen molar-refractivity contribution in [1.29, 1.82) is 0 Å². The third-order valence-corrected chi connectivity index (χ3v) is 3.54. The van der Waals surface area contributed by atoms with Crippen molar-refractivity contribution in [2.75, 3.05) is 31.1 Å². The molecule has 1 N–H and O–H groups in total. The van der Waals surface area contributed by atoms with Crippen molar-refractivity contribution < 1.29 is 0 Å². The first kappa shape index (κ1) is 10.7. The lowest BCUT2D eigenvalue weighted by Crippen LogP contribution is -2.44. The smallest absolute Gasteiger partial charge is 0.225 e. The van der Waals surface area contributed by atoms with Gasteiger partial charge in [-0.15, -0.1) is 0 Å². The minimum Gasteiger partial charge on any atom is -0.338 e. The zero-order valence-electron chi connectivity index (χ0n) is 9.47. The van der Waals surface area contributed by atoms with Gasteiger partial charge in [0.15, 0.2) is 0 Å². The van der Waals surface area contributed by atoms with E-state index in [-0.39, 0.29) is 0 Å². The normalized spacial score (nSPS) is 16.1. The number of thiophene rings is 1. The molecule has 1 aliphatic rings. The van der Waals surface area contributed by atoms with E-state index in [0.717, 1.165) is 37.8 Å². The van der Waals surface area contributed by atoms with E-state index in [1.807, 2.05) is 12.3 Å². The number of piperazine rings is 1. The van der Waals surface area contributed by atoms with Crippen LogP contribution in [0.15, 0.2) is 29.1 Å². The molecule has 2 aromatic rings. The SMILES string of the molecule is c1cc(-c2ccsc2)nc(N2CCNCC2)n1. The molecule has 17 heavy (non-hydrogen) atoms. The summed E-state index contributed by atoms with van der Waals surface area (Å²) in [7, 11) is 0. The summed E-state index contributed by atoms with van der Waals surface area (Å²) in [6.45, 7) is 3.97.